The van der Waals surface area contributed by atoms with Crippen molar-refractivity contribution >= 4 is 12.1 Å². The molecule has 1 aliphatic rings. The lowest BCUT2D eigenvalue weighted by atomic mass is 9.97. The molecule has 0 saturated heterocycles. The van der Waals surface area contributed by atoms with Crippen molar-refractivity contribution in [2.45, 2.75) is 12.5 Å². The number of hydrogen-bond acceptors (Lipinski definition) is 8. The standard InChI is InChI=1S/C24H31N3O6/c1-26(2)9-10-33-20-8-7-16(11-21(20)29-3)19-14-18(25-27(19)15-28)17-12-22(30-4)24(32-6)23(13-17)31-5/h7-8,11-13,15,19H,9-10,14H2,1-6H3. The monoisotopic (exact) mass is 457 g/mol. The summed E-state index contributed by atoms with van der Waals surface area (Å²) < 4.78 is 27.7. The third kappa shape index (κ3) is 5.31. The number of carbonyl (C=O) groups is 1. The predicted octanol–water partition coefficient (Wildman–Crippen LogP) is 2.97. The Kier molecular flexibility index (Phi) is 8.00. The van der Waals surface area contributed by atoms with E-state index in [1.807, 2.05) is 49.3 Å². The Bertz CT molecular complexity index is 983. The quantitative estimate of drug-likeness (QED) is 0.480. The van der Waals surface area contributed by atoms with Crippen LogP contribution in [0.25, 0.3) is 0 Å². The summed E-state index contributed by atoms with van der Waals surface area (Å²) in [6.07, 6.45) is 1.24. The first kappa shape index (κ1) is 24.2. The fourth-order valence-corrected chi connectivity index (χ4v) is 3.67. The fraction of sp³-hybridized carbons (Fsp3) is 0.417. The SMILES string of the molecule is COc1cc(C2CC(c3cc(OC)c(OC)c(OC)c3)=NN2C=O)ccc1OCCN(C)C. The van der Waals surface area contributed by atoms with Crippen molar-refractivity contribution in [1.82, 2.24) is 9.91 Å². The van der Waals surface area contributed by atoms with E-state index in [0.717, 1.165) is 29.8 Å². The Morgan fingerprint density at radius 1 is 0.970 bits per heavy atom. The number of likely N-dealkylation sites (N-methyl/N-ethyl adjacent to an activating group) is 1. The minimum absolute atomic E-state index is 0.277. The van der Waals surface area contributed by atoms with E-state index in [2.05, 4.69) is 5.10 Å². The lowest BCUT2D eigenvalue weighted by molar-refractivity contribution is -0.119. The van der Waals surface area contributed by atoms with Gasteiger partial charge in [0.15, 0.2) is 23.0 Å². The van der Waals surface area contributed by atoms with Gasteiger partial charge >= 0.3 is 0 Å². The average molecular weight is 458 g/mol. The summed E-state index contributed by atoms with van der Waals surface area (Å²) in [6, 6.07) is 9.06. The number of methoxy groups -OCH3 is 4. The van der Waals surface area contributed by atoms with E-state index in [4.69, 9.17) is 23.7 Å². The molecule has 1 amide bonds. The maximum atomic E-state index is 11.8. The first-order valence-electron chi connectivity index (χ1n) is 10.5. The first-order chi connectivity index (χ1) is 15.9. The smallest absolute Gasteiger partial charge is 0.230 e. The van der Waals surface area contributed by atoms with Crippen molar-refractivity contribution in [2.75, 3.05) is 55.7 Å². The summed E-state index contributed by atoms with van der Waals surface area (Å²) >= 11 is 0. The molecule has 33 heavy (non-hydrogen) atoms. The van der Waals surface area contributed by atoms with E-state index in [1.54, 1.807) is 28.4 Å². The van der Waals surface area contributed by atoms with E-state index < -0.39 is 0 Å². The molecule has 2 aromatic carbocycles. The molecule has 0 bridgehead atoms. The third-order valence-electron chi connectivity index (χ3n) is 5.42. The second-order valence-electron chi connectivity index (χ2n) is 7.73. The number of amides is 1. The molecule has 3 rings (SSSR count). The summed E-state index contributed by atoms with van der Waals surface area (Å²) in [7, 11) is 10.3. The highest BCUT2D eigenvalue weighted by atomic mass is 16.5. The van der Waals surface area contributed by atoms with Crippen molar-refractivity contribution < 1.29 is 28.5 Å². The van der Waals surface area contributed by atoms with Crippen LogP contribution >= 0.6 is 0 Å². The fourth-order valence-electron chi connectivity index (χ4n) is 3.67. The number of nitrogens with zero attached hydrogens (tertiary/aromatic N) is 3. The van der Waals surface area contributed by atoms with Crippen LogP contribution in [-0.2, 0) is 4.79 Å². The molecule has 0 radical (unpaired) electrons. The van der Waals surface area contributed by atoms with Crippen LogP contribution in [0.2, 0.25) is 0 Å². The molecule has 178 valence electrons. The zero-order valence-electron chi connectivity index (χ0n) is 20.0. The average Bonchev–Trinajstić information content (AvgIpc) is 3.27. The van der Waals surface area contributed by atoms with Gasteiger partial charge in [-0.2, -0.15) is 5.10 Å². The molecular weight excluding hydrogens is 426 g/mol. The van der Waals surface area contributed by atoms with Gasteiger partial charge in [-0.15, -0.1) is 0 Å². The van der Waals surface area contributed by atoms with Gasteiger partial charge in [0.25, 0.3) is 0 Å². The summed E-state index contributed by atoms with van der Waals surface area (Å²) in [5, 5.41) is 5.96. The Morgan fingerprint density at radius 3 is 2.18 bits per heavy atom. The van der Waals surface area contributed by atoms with Gasteiger partial charge in [-0.05, 0) is 43.9 Å². The van der Waals surface area contributed by atoms with Crippen LogP contribution in [0.1, 0.15) is 23.6 Å². The maximum Gasteiger partial charge on any atom is 0.230 e. The molecule has 9 heteroatoms. The highest BCUT2D eigenvalue weighted by Gasteiger charge is 2.30. The second kappa shape index (κ2) is 10.9. The Labute approximate surface area is 194 Å². The van der Waals surface area contributed by atoms with Crippen molar-refractivity contribution in [3.63, 3.8) is 0 Å². The van der Waals surface area contributed by atoms with E-state index in [-0.39, 0.29) is 6.04 Å². The van der Waals surface area contributed by atoms with Crippen LogP contribution in [0, 0.1) is 0 Å². The van der Waals surface area contributed by atoms with E-state index in [1.165, 1.54) is 5.01 Å². The Morgan fingerprint density at radius 2 is 1.64 bits per heavy atom. The predicted molar refractivity (Wildman–Crippen MR) is 125 cm³/mol. The molecule has 9 nitrogen and oxygen atoms in total. The lowest BCUT2D eigenvalue weighted by Crippen LogP contribution is -2.20. The number of hydrazone groups is 1. The summed E-state index contributed by atoms with van der Waals surface area (Å²) in [6.45, 7) is 1.33. The van der Waals surface area contributed by atoms with Gasteiger partial charge in [-0.3, -0.25) is 4.79 Å². The Hall–Kier alpha value is -3.46. The maximum absolute atomic E-state index is 11.8. The molecule has 1 atom stereocenters. The summed E-state index contributed by atoms with van der Waals surface area (Å²) in [5.74, 6) is 2.82. The van der Waals surface area contributed by atoms with Gasteiger partial charge in [0.2, 0.25) is 12.2 Å². The first-order valence-corrected chi connectivity index (χ1v) is 10.5. The van der Waals surface area contributed by atoms with Gasteiger partial charge in [0, 0.05) is 18.5 Å². The van der Waals surface area contributed by atoms with E-state index in [9.17, 15) is 4.79 Å². The van der Waals surface area contributed by atoms with E-state index in [0.29, 0.717) is 41.8 Å². The van der Waals surface area contributed by atoms with Crippen LogP contribution < -0.4 is 23.7 Å². The number of benzene rings is 2. The highest BCUT2D eigenvalue weighted by Crippen LogP contribution is 2.41. The molecule has 0 fully saturated rings. The number of carbonyl (C=O) groups excluding carboxylic acids is 1. The molecule has 2 aromatic rings. The van der Waals surface area contributed by atoms with Crippen LogP contribution in [0.15, 0.2) is 35.4 Å². The minimum atomic E-state index is -0.277. The molecule has 0 spiro atoms. The molecule has 0 saturated carbocycles. The normalized spacial score (nSPS) is 15.3. The topological polar surface area (TPSA) is 82.1 Å². The van der Waals surface area contributed by atoms with Gasteiger partial charge in [-0.1, -0.05) is 6.07 Å². The molecule has 0 aliphatic carbocycles. The van der Waals surface area contributed by atoms with Crippen LogP contribution in [0.5, 0.6) is 28.7 Å². The Balaban J connectivity index is 1.87. The second-order valence-corrected chi connectivity index (χ2v) is 7.73. The molecule has 1 heterocycles. The summed E-state index contributed by atoms with van der Waals surface area (Å²) in [4.78, 5) is 13.9. The van der Waals surface area contributed by atoms with Crippen LogP contribution in [-0.4, -0.2) is 77.7 Å². The van der Waals surface area contributed by atoms with E-state index >= 15 is 0 Å². The number of hydrogen-bond donors (Lipinski definition) is 0. The van der Waals surface area contributed by atoms with Gasteiger partial charge in [-0.25, -0.2) is 5.01 Å². The van der Waals surface area contributed by atoms with Crippen molar-refractivity contribution in [2.24, 2.45) is 5.10 Å². The molecule has 1 aliphatic heterocycles. The lowest BCUT2D eigenvalue weighted by Gasteiger charge is -2.20. The number of rotatable bonds is 11. The summed E-state index contributed by atoms with van der Waals surface area (Å²) in [5.41, 5.74) is 2.41. The molecule has 1 unspecified atom stereocenters. The van der Waals surface area contributed by atoms with Gasteiger partial charge in [0.1, 0.15) is 6.61 Å². The number of ether oxygens (including phenoxy) is 5. The zero-order chi connectivity index (χ0) is 24.0. The van der Waals surface area contributed by atoms with Gasteiger partial charge in [0.05, 0.1) is 40.2 Å². The molecular formula is C24H31N3O6. The third-order valence-corrected chi connectivity index (χ3v) is 5.42. The van der Waals surface area contributed by atoms with Gasteiger partial charge < -0.3 is 28.6 Å². The minimum Gasteiger partial charge on any atom is -0.493 e. The molecule has 0 aromatic heterocycles. The van der Waals surface area contributed by atoms with Crippen molar-refractivity contribution in [1.29, 1.82) is 0 Å². The van der Waals surface area contributed by atoms with Crippen LogP contribution in [0.4, 0.5) is 0 Å². The highest BCUT2D eigenvalue weighted by molar-refractivity contribution is 6.03. The van der Waals surface area contributed by atoms with Crippen molar-refractivity contribution in [3.05, 3.63) is 41.5 Å². The van der Waals surface area contributed by atoms with Crippen molar-refractivity contribution in [3.8, 4) is 28.7 Å². The largest absolute Gasteiger partial charge is 0.493 e. The molecule has 0 N–H and O–H groups in total. The van der Waals surface area contributed by atoms with Crippen LogP contribution in [0.3, 0.4) is 0 Å². The zero-order valence-corrected chi connectivity index (χ0v) is 20.0.